The Morgan fingerprint density at radius 1 is 1.18 bits per heavy atom. The first-order valence-corrected chi connectivity index (χ1v) is 14.2. The third-order valence-electron chi connectivity index (χ3n) is 4.55. The van der Waals surface area contributed by atoms with Gasteiger partial charge in [-0.2, -0.15) is 9.44 Å². The van der Waals surface area contributed by atoms with E-state index in [1.807, 2.05) is 38.1 Å². The van der Waals surface area contributed by atoms with Crippen LogP contribution in [0.2, 0.25) is 0 Å². The van der Waals surface area contributed by atoms with Crippen LogP contribution in [0.1, 0.15) is 33.6 Å². The molecule has 3 heterocycles. The maximum absolute atomic E-state index is 10.3. The van der Waals surface area contributed by atoms with Crippen molar-refractivity contribution >= 4 is 49.8 Å². The Balaban J connectivity index is 0.000000758. The predicted octanol–water partition coefficient (Wildman–Crippen LogP) is 8.12. The molecule has 2 N–H and O–H groups in total. The first-order valence-electron chi connectivity index (χ1n) is 11.1. The largest absolute Gasteiger partial charge is 0.393 e. The number of unbranched alkanes of at least 4 members (excludes halogenated alkanes) is 1. The molecule has 8 heteroatoms. The van der Waals surface area contributed by atoms with E-state index < -0.39 is 11.2 Å². The van der Waals surface area contributed by atoms with E-state index in [0.29, 0.717) is 6.42 Å². The van der Waals surface area contributed by atoms with Crippen molar-refractivity contribution in [2.45, 2.75) is 37.8 Å². The van der Waals surface area contributed by atoms with Gasteiger partial charge in [0.05, 0.1) is 30.4 Å². The van der Waals surface area contributed by atoms with Gasteiger partial charge in [0.25, 0.3) is 4.21 Å². The number of thiophene rings is 2. The van der Waals surface area contributed by atoms with Gasteiger partial charge < -0.3 is 5.73 Å². The minimum Gasteiger partial charge on any atom is -0.393 e. The molecule has 0 amide bonds. The fraction of sp³-hybridized carbons (Fsp3) is 0.308. The van der Waals surface area contributed by atoms with Crippen molar-refractivity contribution in [3.05, 3.63) is 53.9 Å². The number of halogens is 1. The van der Waals surface area contributed by atoms with E-state index in [4.69, 9.17) is 20.2 Å². The minimum atomic E-state index is -0.444. The second-order valence-corrected chi connectivity index (χ2v) is 10.7. The van der Waals surface area contributed by atoms with Crippen molar-refractivity contribution in [3.8, 4) is 27.8 Å². The molecule has 0 fully saturated rings. The quantitative estimate of drug-likeness (QED) is 0.199. The zero-order valence-electron chi connectivity index (χ0n) is 20.0. The normalized spacial score (nSPS) is 11.1. The van der Waals surface area contributed by atoms with Gasteiger partial charge in [0.15, 0.2) is 11.2 Å². The average molecular weight is 517 g/mol. The van der Waals surface area contributed by atoms with Crippen LogP contribution >= 0.6 is 22.7 Å². The summed E-state index contributed by atoms with van der Waals surface area (Å²) in [6.45, 7) is 5.21. The summed E-state index contributed by atoms with van der Waals surface area (Å²) < 4.78 is 17.1. The summed E-state index contributed by atoms with van der Waals surface area (Å²) in [5, 5.41) is 11.9. The molecule has 0 aliphatic rings. The Bertz CT molecular complexity index is 1170. The van der Waals surface area contributed by atoms with E-state index in [1.165, 1.54) is 6.92 Å². The van der Waals surface area contributed by atoms with Crippen LogP contribution in [0.15, 0.2) is 58.1 Å². The number of alkyl halides is 1. The van der Waals surface area contributed by atoms with Gasteiger partial charge in [-0.25, -0.2) is 4.98 Å². The monoisotopic (exact) mass is 516 g/mol. The van der Waals surface area contributed by atoms with Gasteiger partial charge in [-0.15, -0.1) is 11.3 Å². The molecule has 1 aromatic carbocycles. The summed E-state index contributed by atoms with van der Waals surface area (Å²) in [6.07, 6.45) is 1.31. The molecule has 4 rings (SSSR count). The molecule has 0 saturated heterocycles. The van der Waals surface area contributed by atoms with Crippen LogP contribution < -0.4 is 5.73 Å². The lowest BCUT2D eigenvalue weighted by atomic mass is 10.0. The second-order valence-electron chi connectivity index (χ2n) is 6.63. The number of nitrogen functional groups attached to an aromatic ring is 1. The number of rotatable bonds is 7. The van der Waals surface area contributed by atoms with Gasteiger partial charge in [0.2, 0.25) is 0 Å². The van der Waals surface area contributed by atoms with Crippen molar-refractivity contribution in [3.63, 3.8) is 0 Å². The smallest absolute Gasteiger partial charge is 0.269 e. The molecule has 34 heavy (non-hydrogen) atoms. The van der Waals surface area contributed by atoms with Gasteiger partial charge in [0.1, 0.15) is 16.3 Å². The zero-order chi connectivity index (χ0) is 24.9. The highest BCUT2D eigenvalue weighted by atomic mass is 32.2. The molecular weight excluding hydrogens is 486 g/mol. The standard InChI is InChI=1S/C22H20N3OS3.C2H5F.C2H6/c1-26-29(13-6-5-11-23)22-20(24)19-16(15-8-3-2-4-9-15)14-17(25-21(19)28-22)18-10-7-12-27-18;1-2-3;1-2/h2-4,7-10,12,14H,5-6,13,24H2,1H3;2H2,1H3;1-2H3/q+1;;. The predicted molar refractivity (Wildman–Crippen MR) is 148 cm³/mol. The number of benzene rings is 1. The van der Waals surface area contributed by atoms with Crippen molar-refractivity contribution in [1.29, 1.82) is 5.26 Å². The van der Waals surface area contributed by atoms with Crippen molar-refractivity contribution < 1.29 is 8.57 Å². The number of nitriles is 1. The van der Waals surface area contributed by atoms with Gasteiger partial charge in [0, 0.05) is 18.2 Å². The molecule has 0 radical (unpaired) electrons. The van der Waals surface area contributed by atoms with Gasteiger partial charge in [-0.3, -0.25) is 4.39 Å². The maximum atomic E-state index is 10.3. The van der Waals surface area contributed by atoms with E-state index >= 15 is 0 Å². The van der Waals surface area contributed by atoms with Gasteiger partial charge in [-0.05, 0) is 35.6 Å². The molecule has 0 spiro atoms. The topological polar surface area (TPSA) is 71.9 Å². The lowest BCUT2D eigenvalue weighted by Crippen LogP contribution is -2.10. The molecule has 1 atom stereocenters. The fourth-order valence-corrected chi connectivity index (χ4v) is 7.06. The number of hydrogen-bond acceptors (Lipinski definition) is 6. The number of anilines is 1. The highest BCUT2D eigenvalue weighted by molar-refractivity contribution is 7.94. The number of aromatic nitrogens is 1. The Morgan fingerprint density at radius 3 is 2.47 bits per heavy atom. The van der Waals surface area contributed by atoms with E-state index in [-0.39, 0.29) is 6.67 Å². The van der Waals surface area contributed by atoms with Crippen molar-refractivity contribution in [1.82, 2.24) is 4.98 Å². The summed E-state index contributed by atoms with van der Waals surface area (Å²) in [5.74, 6) is 0.791. The van der Waals surface area contributed by atoms with Crippen molar-refractivity contribution in [2.75, 3.05) is 25.3 Å². The number of nitrogens with two attached hydrogens (primary N) is 1. The van der Waals surface area contributed by atoms with Crippen LogP contribution in [-0.4, -0.2) is 24.5 Å². The SMILES string of the molecule is CC.CCF.CO[S+](CCCC#N)c1sc2nc(-c3cccs3)cc(-c3ccccc3)c2c1N. The molecule has 180 valence electrons. The molecule has 0 aliphatic carbocycles. The molecule has 0 bridgehead atoms. The van der Waals surface area contributed by atoms with Crippen LogP contribution in [0.4, 0.5) is 10.1 Å². The summed E-state index contributed by atoms with van der Waals surface area (Å²) >= 11 is 2.85. The Morgan fingerprint density at radius 2 is 1.88 bits per heavy atom. The highest BCUT2D eigenvalue weighted by Crippen LogP contribution is 2.44. The number of hydrogen-bond donors (Lipinski definition) is 1. The van der Waals surface area contributed by atoms with Gasteiger partial charge in [-0.1, -0.05) is 61.6 Å². The van der Waals surface area contributed by atoms with Crippen LogP contribution in [0, 0.1) is 11.3 Å². The van der Waals surface area contributed by atoms with Crippen LogP contribution in [0.3, 0.4) is 0 Å². The maximum Gasteiger partial charge on any atom is 0.269 e. The summed E-state index contributed by atoms with van der Waals surface area (Å²) in [7, 11) is 1.71. The zero-order valence-corrected chi connectivity index (χ0v) is 22.5. The molecule has 0 aliphatic heterocycles. The fourth-order valence-electron chi connectivity index (χ4n) is 3.20. The summed E-state index contributed by atoms with van der Waals surface area (Å²) in [4.78, 5) is 7.01. The van der Waals surface area contributed by atoms with Gasteiger partial charge >= 0.3 is 0 Å². The van der Waals surface area contributed by atoms with Crippen LogP contribution in [-0.2, 0) is 15.4 Å². The Labute approximate surface area is 212 Å². The summed E-state index contributed by atoms with van der Waals surface area (Å²) in [6, 6.07) is 18.8. The second kappa shape index (κ2) is 14.7. The van der Waals surface area contributed by atoms with E-state index in [1.54, 1.807) is 29.8 Å². The third-order valence-corrected chi connectivity index (χ3v) is 8.84. The molecule has 1 unspecified atom stereocenters. The number of fused-ring (bicyclic) bond motifs is 1. The minimum absolute atomic E-state index is 0.250. The number of nitrogens with zero attached hydrogens (tertiary/aromatic N) is 2. The molecular formula is C26H31FN3OS3+. The molecule has 3 aromatic heterocycles. The Kier molecular flexibility index (Phi) is 12.1. The Hall–Kier alpha value is -2.44. The van der Waals surface area contributed by atoms with Crippen LogP contribution in [0.5, 0.6) is 0 Å². The highest BCUT2D eigenvalue weighted by Gasteiger charge is 2.31. The third kappa shape index (κ3) is 6.80. The first kappa shape index (κ1) is 27.8. The molecule has 4 nitrogen and oxygen atoms in total. The molecule has 0 saturated carbocycles. The number of pyridine rings is 1. The lowest BCUT2D eigenvalue weighted by Gasteiger charge is -2.07. The van der Waals surface area contributed by atoms with E-state index in [9.17, 15) is 4.39 Å². The van der Waals surface area contributed by atoms with Crippen LogP contribution in [0.25, 0.3) is 31.9 Å². The first-order chi connectivity index (χ1) is 16.6. The average Bonchev–Trinajstić information content (AvgIpc) is 3.53. The lowest BCUT2D eigenvalue weighted by molar-refractivity contribution is 0.472. The molecule has 4 aromatic rings. The van der Waals surface area contributed by atoms with E-state index in [0.717, 1.165) is 54.0 Å². The van der Waals surface area contributed by atoms with E-state index in [2.05, 4.69) is 35.7 Å². The van der Waals surface area contributed by atoms with Crippen molar-refractivity contribution in [2.24, 2.45) is 0 Å². The summed E-state index contributed by atoms with van der Waals surface area (Å²) in [5.41, 5.74) is 10.6.